The Labute approximate surface area is 136 Å². The maximum atomic E-state index is 12.5. The normalized spacial score (nSPS) is 23.6. The molecule has 1 amide bonds. The molecule has 22 heavy (non-hydrogen) atoms. The zero-order valence-electron chi connectivity index (χ0n) is 13.2. The standard InChI is InChI=1S/C16H21N3O2S/c1-17(2)13-10-14(13)18(3)12-6-4-5-11(9-12)15(20)19-7-8-21-16(19)22/h4-6,9,13-14H,7-8,10H2,1-3H3. The van der Waals surface area contributed by atoms with Crippen LogP contribution in [0.1, 0.15) is 16.8 Å². The third-order valence-electron chi connectivity index (χ3n) is 4.39. The summed E-state index contributed by atoms with van der Waals surface area (Å²) < 4.78 is 5.20. The van der Waals surface area contributed by atoms with E-state index in [4.69, 9.17) is 17.0 Å². The predicted octanol–water partition coefficient (Wildman–Crippen LogP) is 1.58. The molecule has 0 radical (unpaired) electrons. The average Bonchev–Trinajstić information content (AvgIpc) is 3.21. The van der Waals surface area contributed by atoms with Gasteiger partial charge in [-0.15, -0.1) is 0 Å². The molecular formula is C16H21N3O2S. The number of nitrogens with zero attached hydrogens (tertiary/aromatic N) is 3. The number of likely N-dealkylation sites (N-methyl/N-ethyl adjacent to an activating group) is 2. The van der Waals surface area contributed by atoms with Crippen LogP contribution in [0.4, 0.5) is 5.69 Å². The van der Waals surface area contributed by atoms with Gasteiger partial charge in [-0.05, 0) is 50.9 Å². The van der Waals surface area contributed by atoms with Crippen LogP contribution in [0, 0.1) is 0 Å². The summed E-state index contributed by atoms with van der Waals surface area (Å²) >= 11 is 5.06. The van der Waals surface area contributed by atoms with Crippen molar-refractivity contribution in [1.82, 2.24) is 9.80 Å². The second kappa shape index (κ2) is 5.85. The lowest BCUT2D eigenvalue weighted by molar-refractivity contribution is 0.0860. The Morgan fingerprint density at radius 3 is 2.68 bits per heavy atom. The molecule has 0 N–H and O–H groups in total. The summed E-state index contributed by atoms with van der Waals surface area (Å²) in [6.45, 7) is 1.01. The third kappa shape index (κ3) is 2.80. The van der Waals surface area contributed by atoms with E-state index in [9.17, 15) is 4.79 Å². The van der Waals surface area contributed by atoms with E-state index < -0.39 is 0 Å². The molecule has 1 aromatic carbocycles. The van der Waals surface area contributed by atoms with Gasteiger partial charge in [0, 0.05) is 30.4 Å². The number of ether oxygens (including phenoxy) is 1. The first-order valence-electron chi connectivity index (χ1n) is 7.47. The van der Waals surface area contributed by atoms with Crippen LogP contribution < -0.4 is 4.90 Å². The summed E-state index contributed by atoms with van der Waals surface area (Å²) in [5.41, 5.74) is 1.71. The van der Waals surface area contributed by atoms with Crippen molar-refractivity contribution in [2.75, 3.05) is 39.2 Å². The lowest BCUT2D eigenvalue weighted by Crippen LogP contribution is -2.32. The van der Waals surface area contributed by atoms with Crippen LogP contribution in [0.15, 0.2) is 24.3 Å². The molecule has 2 unspecified atom stereocenters. The Kier molecular flexibility index (Phi) is 4.06. The second-order valence-electron chi connectivity index (χ2n) is 6.07. The molecule has 1 aromatic rings. The van der Waals surface area contributed by atoms with Gasteiger partial charge in [-0.2, -0.15) is 0 Å². The molecule has 118 valence electrons. The third-order valence-corrected chi connectivity index (χ3v) is 4.73. The maximum Gasteiger partial charge on any atom is 0.266 e. The quantitative estimate of drug-likeness (QED) is 0.788. The number of thiocarbonyl (C=S) groups is 1. The summed E-state index contributed by atoms with van der Waals surface area (Å²) in [6.07, 6.45) is 1.16. The van der Waals surface area contributed by atoms with Crippen molar-refractivity contribution in [2.45, 2.75) is 18.5 Å². The van der Waals surface area contributed by atoms with Crippen molar-refractivity contribution >= 4 is 29.0 Å². The van der Waals surface area contributed by atoms with Gasteiger partial charge in [-0.3, -0.25) is 9.69 Å². The SMILES string of the molecule is CN(C)C1CC1N(C)c1cccc(C(=O)N2CCOC2=S)c1. The van der Waals surface area contributed by atoms with E-state index >= 15 is 0 Å². The Morgan fingerprint density at radius 2 is 2.09 bits per heavy atom. The summed E-state index contributed by atoms with van der Waals surface area (Å²) in [5.74, 6) is -0.0855. The van der Waals surface area contributed by atoms with Gasteiger partial charge in [0.05, 0.1) is 6.54 Å². The number of amides is 1. The van der Waals surface area contributed by atoms with Gasteiger partial charge in [0.2, 0.25) is 0 Å². The van der Waals surface area contributed by atoms with Crippen LogP contribution in [0.3, 0.4) is 0 Å². The van der Waals surface area contributed by atoms with Crippen molar-refractivity contribution in [3.8, 4) is 0 Å². The van der Waals surface area contributed by atoms with Crippen LogP contribution in [-0.4, -0.2) is 67.3 Å². The molecular weight excluding hydrogens is 298 g/mol. The number of benzene rings is 1. The minimum Gasteiger partial charge on any atom is -0.469 e. The van der Waals surface area contributed by atoms with Crippen LogP contribution in [0.5, 0.6) is 0 Å². The molecule has 1 saturated heterocycles. The molecule has 2 aliphatic rings. The molecule has 0 spiro atoms. The van der Waals surface area contributed by atoms with Crippen LogP contribution >= 0.6 is 12.2 Å². The second-order valence-corrected chi connectivity index (χ2v) is 6.42. The van der Waals surface area contributed by atoms with E-state index in [-0.39, 0.29) is 11.1 Å². The van der Waals surface area contributed by atoms with Crippen molar-refractivity contribution in [1.29, 1.82) is 0 Å². The van der Waals surface area contributed by atoms with Gasteiger partial charge in [-0.1, -0.05) is 6.07 Å². The number of carbonyl (C=O) groups is 1. The van der Waals surface area contributed by atoms with Crippen molar-refractivity contribution in [3.63, 3.8) is 0 Å². The van der Waals surface area contributed by atoms with Crippen molar-refractivity contribution < 1.29 is 9.53 Å². The Bertz CT molecular complexity index is 605. The lowest BCUT2D eigenvalue weighted by atomic mass is 10.1. The van der Waals surface area contributed by atoms with Crippen LogP contribution in [0.2, 0.25) is 0 Å². The van der Waals surface area contributed by atoms with E-state index in [2.05, 4.69) is 30.9 Å². The van der Waals surface area contributed by atoms with E-state index in [1.54, 1.807) is 0 Å². The molecule has 0 aromatic heterocycles. The number of hydrogen-bond donors (Lipinski definition) is 0. The first-order valence-corrected chi connectivity index (χ1v) is 7.88. The molecule has 1 saturated carbocycles. The number of carbonyl (C=O) groups excluding carboxylic acids is 1. The van der Waals surface area contributed by atoms with E-state index in [1.165, 1.54) is 4.90 Å². The first kappa shape index (κ1) is 15.2. The van der Waals surface area contributed by atoms with Gasteiger partial charge >= 0.3 is 0 Å². The topological polar surface area (TPSA) is 36.0 Å². The van der Waals surface area contributed by atoms with Crippen LogP contribution in [0.25, 0.3) is 0 Å². The maximum absolute atomic E-state index is 12.5. The van der Waals surface area contributed by atoms with Gasteiger partial charge < -0.3 is 14.5 Å². The van der Waals surface area contributed by atoms with Crippen molar-refractivity contribution in [2.24, 2.45) is 0 Å². The Hall–Kier alpha value is -1.66. The molecule has 5 nitrogen and oxygen atoms in total. The molecule has 0 bridgehead atoms. The lowest BCUT2D eigenvalue weighted by Gasteiger charge is -2.22. The molecule has 1 aliphatic heterocycles. The molecule has 2 atom stereocenters. The number of rotatable bonds is 4. The summed E-state index contributed by atoms with van der Waals surface area (Å²) in [7, 11) is 6.29. The molecule has 6 heteroatoms. The fraction of sp³-hybridized carbons (Fsp3) is 0.500. The largest absolute Gasteiger partial charge is 0.469 e. The zero-order chi connectivity index (χ0) is 15.9. The van der Waals surface area contributed by atoms with Gasteiger partial charge in [0.25, 0.3) is 11.1 Å². The highest BCUT2D eigenvalue weighted by molar-refractivity contribution is 7.80. The van der Waals surface area contributed by atoms with Gasteiger partial charge in [0.1, 0.15) is 6.61 Å². The molecule has 2 fully saturated rings. The molecule has 1 heterocycles. The number of anilines is 1. The smallest absolute Gasteiger partial charge is 0.266 e. The number of hydrogen-bond acceptors (Lipinski definition) is 5. The zero-order valence-corrected chi connectivity index (χ0v) is 14.0. The highest BCUT2D eigenvalue weighted by Crippen LogP contribution is 2.34. The molecule has 3 rings (SSSR count). The average molecular weight is 319 g/mol. The van der Waals surface area contributed by atoms with E-state index in [0.717, 1.165) is 12.1 Å². The minimum absolute atomic E-state index is 0.0855. The summed E-state index contributed by atoms with van der Waals surface area (Å²) in [5, 5.41) is 0.277. The Morgan fingerprint density at radius 1 is 1.32 bits per heavy atom. The highest BCUT2D eigenvalue weighted by Gasteiger charge is 2.42. The monoisotopic (exact) mass is 319 g/mol. The molecule has 1 aliphatic carbocycles. The summed E-state index contributed by atoms with van der Waals surface area (Å²) in [6, 6.07) is 8.83. The van der Waals surface area contributed by atoms with E-state index in [0.29, 0.717) is 30.8 Å². The predicted molar refractivity (Wildman–Crippen MR) is 90.3 cm³/mol. The fourth-order valence-corrected chi connectivity index (χ4v) is 3.18. The van der Waals surface area contributed by atoms with Crippen LogP contribution in [-0.2, 0) is 4.74 Å². The summed E-state index contributed by atoms with van der Waals surface area (Å²) in [4.78, 5) is 18.5. The van der Waals surface area contributed by atoms with E-state index in [1.807, 2.05) is 24.3 Å². The Balaban J connectivity index is 1.75. The highest BCUT2D eigenvalue weighted by atomic mass is 32.1. The minimum atomic E-state index is -0.0855. The first-order chi connectivity index (χ1) is 10.5. The van der Waals surface area contributed by atoms with Gasteiger partial charge in [0.15, 0.2) is 0 Å². The fourth-order valence-electron chi connectivity index (χ4n) is 2.92. The van der Waals surface area contributed by atoms with Gasteiger partial charge in [-0.25, -0.2) is 0 Å². The van der Waals surface area contributed by atoms with Crippen molar-refractivity contribution in [3.05, 3.63) is 29.8 Å².